The summed E-state index contributed by atoms with van der Waals surface area (Å²) in [5.74, 6) is 1.12. The molecule has 0 heterocycles. The van der Waals surface area contributed by atoms with Gasteiger partial charge in [0.25, 0.3) is 0 Å². The Balaban J connectivity index is 2.78. The van der Waals surface area contributed by atoms with Gasteiger partial charge in [0.2, 0.25) is 10.0 Å². The minimum Gasteiger partial charge on any atom is -0.398 e. The van der Waals surface area contributed by atoms with Gasteiger partial charge in [0.1, 0.15) is 0 Å². The summed E-state index contributed by atoms with van der Waals surface area (Å²) in [5.41, 5.74) is 8.82. The molecule has 4 nitrogen and oxygen atoms in total. The number of hydrogen-bond acceptors (Lipinski definition) is 4. The molecule has 0 aromatic heterocycles. The van der Waals surface area contributed by atoms with Crippen LogP contribution in [-0.4, -0.2) is 27.0 Å². The van der Waals surface area contributed by atoms with Gasteiger partial charge in [-0.1, -0.05) is 12.5 Å². The highest BCUT2D eigenvalue weighted by atomic mass is 32.2. The first kappa shape index (κ1) is 18.3. The van der Waals surface area contributed by atoms with Crippen LogP contribution in [0.1, 0.15) is 36.0 Å². The molecule has 0 atom stereocenters. The maximum atomic E-state index is 12.5. The van der Waals surface area contributed by atoms with E-state index in [1.54, 1.807) is 6.92 Å². The van der Waals surface area contributed by atoms with Crippen LogP contribution < -0.4 is 10.5 Å². The number of sulfonamides is 1. The predicted octanol–water partition coefficient (Wildman–Crippen LogP) is 3.01. The second-order valence-corrected chi connectivity index (χ2v) is 8.02. The fourth-order valence-electron chi connectivity index (χ4n) is 2.42. The van der Waals surface area contributed by atoms with Gasteiger partial charge in [-0.2, -0.15) is 11.8 Å². The number of thioether (sulfide) groups is 1. The average Bonchev–Trinajstić information content (AvgIpc) is 2.40. The largest absolute Gasteiger partial charge is 0.398 e. The monoisotopic (exact) mass is 330 g/mol. The van der Waals surface area contributed by atoms with Gasteiger partial charge >= 0.3 is 0 Å². The summed E-state index contributed by atoms with van der Waals surface area (Å²) >= 11 is 1.82. The average molecular weight is 331 g/mol. The van der Waals surface area contributed by atoms with E-state index in [9.17, 15) is 8.42 Å². The van der Waals surface area contributed by atoms with Crippen LogP contribution in [-0.2, 0) is 10.0 Å². The lowest BCUT2D eigenvalue weighted by atomic mass is 10.1. The van der Waals surface area contributed by atoms with E-state index in [-0.39, 0.29) is 0 Å². The Morgan fingerprint density at radius 1 is 1.14 bits per heavy atom. The van der Waals surface area contributed by atoms with Crippen LogP contribution >= 0.6 is 11.8 Å². The van der Waals surface area contributed by atoms with Crippen molar-refractivity contribution in [1.29, 1.82) is 0 Å². The van der Waals surface area contributed by atoms with Gasteiger partial charge < -0.3 is 5.73 Å². The highest BCUT2D eigenvalue weighted by Gasteiger charge is 2.21. The molecule has 0 saturated carbocycles. The maximum absolute atomic E-state index is 12.5. The van der Waals surface area contributed by atoms with Crippen molar-refractivity contribution in [2.75, 3.05) is 24.3 Å². The molecule has 1 aromatic carbocycles. The molecule has 0 spiro atoms. The zero-order valence-corrected chi connectivity index (χ0v) is 15.0. The lowest BCUT2D eigenvalue weighted by Crippen LogP contribution is -2.26. The summed E-state index contributed by atoms with van der Waals surface area (Å²) in [5, 5.41) is 0. The quantitative estimate of drug-likeness (QED) is 0.568. The molecule has 0 fully saturated rings. The van der Waals surface area contributed by atoms with E-state index in [2.05, 4.69) is 11.0 Å². The van der Waals surface area contributed by atoms with E-state index in [4.69, 9.17) is 5.73 Å². The van der Waals surface area contributed by atoms with E-state index in [0.29, 0.717) is 22.7 Å². The molecule has 3 N–H and O–H groups in total. The molecule has 6 heteroatoms. The number of unbranched alkanes of at least 4 members (excludes halogenated alkanes) is 2. The Labute approximate surface area is 132 Å². The highest BCUT2D eigenvalue weighted by Crippen LogP contribution is 2.27. The molecular weight excluding hydrogens is 304 g/mol. The lowest BCUT2D eigenvalue weighted by Gasteiger charge is -2.15. The maximum Gasteiger partial charge on any atom is 0.241 e. The lowest BCUT2D eigenvalue weighted by molar-refractivity contribution is 0.575. The van der Waals surface area contributed by atoms with Gasteiger partial charge in [-0.05, 0) is 62.3 Å². The molecular formula is C15H26N2O2S2. The number of nitrogens with two attached hydrogens (primary N) is 1. The first-order chi connectivity index (χ1) is 9.81. The Bertz CT molecular complexity index is 584. The molecule has 21 heavy (non-hydrogen) atoms. The zero-order chi connectivity index (χ0) is 16.0. The van der Waals surface area contributed by atoms with Crippen molar-refractivity contribution in [2.24, 2.45) is 0 Å². The van der Waals surface area contributed by atoms with Gasteiger partial charge in [-0.3, -0.25) is 0 Å². The van der Waals surface area contributed by atoms with Crippen LogP contribution in [0.25, 0.3) is 0 Å². The van der Waals surface area contributed by atoms with Gasteiger partial charge in [0.05, 0.1) is 4.90 Å². The summed E-state index contributed by atoms with van der Waals surface area (Å²) in [7, 11) is -3.49. The van der Waals surface area contributed by atoms with Crippen molar-refractivity contribution in [3.8, 4) is 0 Å². The molecule has 1 rings (SSSR count). The number of nitrogen functional groups attached to an aromatic ring is 1. The summed E-state index contributed by atoms with van der Waals surface area (Å²) in [4.78, 5) is 0.328. The first-order valence-electron chi connectivity index (χ1n) is 7.16. The summed E-state index contributed by atoms with van der Waals surface area (Å²) in [6.07, 6.45) is 5.10. The molecule has 1 aromatic rings. The second-order valence-electron chi connectivity index (χ2n) is 5.33. The second kappa shape index (κ2) is 8.06. The number of aryl methyl sites for hydroxylation is 2. The minimum atomic E-state index is -3.49. The van der Waals surface area contributed by atoms with Crippen LogP contribution in [0.5, 0.6) is 0 Å². The molecule has 0 aliphatic rings. The third-order valence-corrected chi connectivity index (χ3v) is 5.99. The molecule has 0 amide bonds. The molecule has 0 unspecified atom stereocenters. The Hall–Kier alpha value is -0.720. The van der Waals surface area contributed by atoms with Crippen LogP contribution in [0.2, 0.25) is 0 Å². The van der Waals surface area contributed by atoms with Crippen molar-refractivity contribution >= 4 is 27.5 Å². The first-order valence-corrected chi connectivity index (χ1v) is 10.0. The van der Waals surface area contributed by atoms with Gasteiger partial charge in [0.15, 0.2) is 0 Å². The van der Waals surface area contributed by atoms with E-state index in [1.165, 1.54) is 0 Å². The normalized spacial score (nSPS) is 11.8. The number of rotatable bonds is 8. The zero-order valence-electron chi connectivity index (χ0n) is 13.3. The van der Waals surface area contributed by atoms with Crippen molar-refractivity contribution in [3.05, 3.63) is 22.8 Å². The van der Waals surface area contributed by atoms with Crippen molar-refractivity contribution in [2.45, 2.75) is 44.9 Å². The van der Waals surface area contributed by atoms with Crippen molar-refractivity contribution in [3.63, 3.8) is 0 Å². The molecule has 0 aliphatic heterocycles. The molecule has 0 aliphatic carbocycles. The third-order valence-electron chi connectivity index (χ3n) is 3.55. The Morgan fingerprint density at radius 3 is 2.43 bits per heavy atom. The minimum absolute atomic E-state index is 0.328. The number of benzene rings is 1. The van der Waals surface area contributed by atoms with E-state index in [0.717, 1.165) is 36.1 Å². The number of hydrogen-bond donors (Lipinski definition) is 2. The van der Waals surface area contributed by atoms with Crippen LogP contribution in [0.4, 0.5) is 5.69 Å². The standard InChI is InChI=1S/C15H26N2O2S2/c1-11-10-12(2)15(13(3)14(11)16)21(18,19)17-8-6-5-7-9-20-4/h10,17H,5-9,16H2,1-4H3. The van der Waals surface area contributed by atoms with Crippen molar-refractivity contribution in [1.82, 2.24) is 4.72 Å². The fraction of sp³-hybridized carbons (Fsp3) is 0.600. The Kier molecular flexibility index (Phi) is 7.03. The van der Waals surface area contributed by atoms with Crippen LogP contribution in [0, 0.1) is 20.8 Å². The molecule has 0 bridgehead atoms. The van der Waals surface area contributed by atoms with Crippen LogP contribution in [0.15, 0.2) is 11.0 Å². The molecule has 0 radical (unpaired) electrons. The van der Waals surface area contributed by atoms with Gasteiger partial charge in [-0.15, -0.1) is 0 Å². The van der Waals surface area contributed by atoms with Gasteiger partial charge in [-0.25, -0.2) is 13.1 Å². The third kappa shape index (κ3) is 4.90. The number of anilines is 1. The molecule has 0 saturated heterocycles. The smallest absolute Gasteiger partial charge is 0.241 e. The summed E-state index contributed by atoms with van der Waals surface area (Å²) in [6, 6.07) is 1.83. The fourth-order valence-corrected chi connectivity index (χ4v) is 4.47. The van der Waals surface area contributed by atoms with Gasteiger partial charge in [0, 0.05) is 12.2 Å². The van der Waals surface area contributed by atoms with E-state index >= 15 is 0 Å². The topological polar surface area (TPSA) is 72.2 Å². The SMILES string of the molecule is CSCCCCCNS(=O)(=O)c1c(C)cc(C)c(N)c1C. The summed E-state index contributed by atoms with van der Waals surface area (Å²) < 4.78 is 27.6. The van der Waals surface area contributed by atoms with E-state index in [1.807, 2.05) is 31.7 Å². The predicted molar refractivity (Wildman–Crippen MR) is 92.5 cm³/mol. The molecule has 120 valence electrons. The summed E-state index contributed by atoms with van der Waals surface area (Å²) in [6.45, 7) is 5.95. The van der Waals surface area contributed by atoms with E-state index < -0.39 is 10.0 Å². The Morgan fingerprint density at radius 2 is 1.81 bits per heavy atom. The van der Waals surface area contributed by atoms with Crippen LogP contribution in [0.3, 0.4) is 0 Å². The number of nitrogens with one attached hydrogen (secondary N) is 1. The highest BCUT2D eigenvalue weighted by molar-refractivity contribution is 7.98. The van der Waals surface area contributed by atoms with Crippen molar-refractivity contribution < 1.29 is 8.42 Å².